The van der Waals surface area contributed by atoms with E-state index < -0.39 is 6.04 Å². The van der Waals surface area contributed by atoms with Crippen molar-refractivity contribution in [2.24, 2.45) is 5.92 Å². The molecule has 1 amide bonds. The Morgan fingerprint density at radius 3 is 2.61 bits per heavy atom. The molecule has 1 aromatic heterocycles. The van der Waals surface area contributed by atoms with Crippen LogP contribution in [-0.2, 0) is 4.79 Å². The van der Waals surface area contributed by atoms with E-state index >= 15 is 0 Å². The van der Waals surface area contributed by atoms with Gasteiger partial charge in [0.1, 0.15) is 6.04 Å². The average molecular weight is 536 g/mol. The summed E-state index contributed by atoms with van der Waals surface area (Å²) in [5.41, 5.74) is 4.00. The van der Waals surface area contributed by atoms with Gasteiger partial charge in [-0.15, -0.1) is 5.10 Å². The van der Waals surface area contributed by atoms with E-state index in [-0.39, 0.29) is 5.91 Å². The summed E-state index contributed by atoms with van der Waals surface area (Å²) < 4.78 is 13.5. The molecule has 0 bridgehead atoms. The summed E-state index contributed by atoms with van der Waals surface area (Å²) >= 11 is 1.60. The average Bonchev–Trinajstić information content (AvgIpc) is 3.30. The van der Waals surface area contributed by atoms with Crippen LogP contribution in [0.1, 0.15) is 57.7 Å². The standard InChI is InChI=1S/C29H37N5O3S/c1-7-16-38-29-32-28-30-20(5)25(27(35)31-22-11-8-19(4)9-12-22)26(34(28)33-29)21-10-13-23(24(17-21)36-6)37-15-14-18(2)3/h8-13,17-18,26H,7,14-16H2,1-6H3,(H,31,35)(H,30,32,33). The third-order valence-corrected chi connectivity index (χ3v) is 7.32. The molecule has 8 nitrogen and oxygen atoms in total. The van der Waals surface area contributed by atoms with E-state index in [2.05, 4.69) is 31.4 Å². The number of fused-ring (bicyclic) bond motifs is 1. The lowest BCUT2D eigenvalue weighted by Crippen LogP contribution is -2.31. The second kappa shape index (κ2) is 12.4. The zero-order valence-electron chi connectivity index (χ0n) is 23.0. The van der Waals surface area contributed by atoms with Crippen LogP contribution in [0, 0.1) is 12.8 Å². The molecule has 202 valence electrons. The van der Waals surface area contributed by atoms with Crippen molar-refractivity contribution in [1.82, 2.24) is 14.8 Å². The molecule has 3 aromatic rings. The molecule has 1 atom stereocenters. The molecule has 2 N–H and O–H groups in total. The van der Waals surface area contributed by atoms with Gasteiger partial charge in [-0.3, -0.25) is 4.79 Å². The third-order valence-electron chi connectivity index (χ3n) is 6.28. The Hall–Kier alpha value is -3.46. The number of allylic oxidation sites excluding steroid dienone is 1. The van der Waals surface area contributed by atoms with Crippen LogP contribution in [0.5, 0.6) is 11.5 Å². The van der Waals surface area contributed by atoms with Crippen molar-refractivity contribution in [2.75, 3.05) is 30.1 Å². The highest BCUT2D eigenvalue weighted by molar-refractivity contribution is 7.99. The van der Waals surface area contributed by atoms with Crippen molar-refractivity contribution in [1.29, 1.82) is 0 Å². The van der Waals surface area contributed by atoms with Crippen molar-refractivity contribution < 1.29 is 14.3 Å². The quantitative estimate of drug-likeness (QED) is 0.273. The number of hydrogen-bond donors (Lipinski definition) is 2. The zero-order chi connectivity index (χ0) is 27.2. The summed E-state index contributed by atoms with van der Waals surface area (Å²) in [6.45, 7) is 11.0. The van der Waals surface area contributed by atoms with Crippen LogP contribution in [0.4, 0.5) is 11.6 Å². The topological polar surface area (TPSA) is 90.3 Å². The van der Waals surface area contributed by atoms with Crippen molar-refractivity contribution in [2.45, 2.75) is 58.7 Å². The van der Waals surface area contributed by atoms with Crippen LogP contribution in [0.2, 0.25) is 0 Å². The summed E-state index contributed by atoms with van der Waals surface area (Å²) in [7, 11) is 1.63. The molecule has 0 saturated carbocycles. The van der Waals surface area contributed by atoms with Gasteiger partial charge in [0.2, 0.25) is 11.1 Å². The summed E-state index contributed by atoms with van der Waals surface area (Å²) in [5.74, 6) is 3.15. The molecule has 0 aliphatic carbocycles. The number of methoxy groups -OCH3 is 1. The highest BCUT2D eigenvalue weighted by Crippen LogP contribution is 2.40. The Labute approximate surface area is 229 Å². The smallest absolute Gasteiger partial charge is 0.255 e. The van der Waals surface area contributed by atoms with Gasteiger partial charge in [-0.2, -0.15) is 4.98 Å². The van der Waals surface area contributed by atoms with Gasteiger partial charge < -0.3 is 20.1 Å². The molecule has 9 heteroatoms. The number of ether oxygens (including phenoxy) is 2. The first kappa shape index (κ1) is 27.6. The van der Waals surface area contributed by atoms with Crippen molar-refractivity contribution in [3.05, 3.63) is 64.9 Å². The number of anilines is 2. The Kier molecular flexibility index (Phi) is 8.99. The number of hydrogen-bond acceptors (Lipinski definition) is 7. The number of aryl methyl sites for hydroxylation is 1. The molecule has 1 aliphatic heterocycles. The SMILES string of the molecule is CCCSc1nc2n(n1)C(c1ccc(OCCC(C)C)c(OC)c1)C(C(=O)Nc1ccc(C)cc1)=C(C)N2. The number of amides is 1. The molecule has 1 unspecified atom stereocenters. The normalized spacial score (nSPS) is 14.8. The number of carbonyl (C=O) groups excluding carboxylic acids is 1. The van der Waals surface area contributed by atoms with Crippen LogP contribution in [0.3, 0.4) is 0 Å². The highest BCUT2D eigenvalue weighted by Gasteiger charge is 2.35. The maximum absolute atomic E-state index is 13.7. The summed E-state index contributed by atoms with van der Waals surface area (Å²) in [5, 5.41) is 11.8. The number of nitrogens with zero attached hydrogens (tertiary/aromatic N) is 3. The van der Waals surface area contributed by atoms with E-state index in [1.54, 1.807) is 23.6 Å². The first-order valence-electron chi connectivity index (χ1n) is 13.1. The predicted octanol–water partition coefficient (Wildman–Crippen LogP) is 6.45. The Balaban J connectivity index is 1.73. The molecule has 0 radical (unpaired) electrons. The minimum Gasteiger partial charge on any atom is -0.493 e. The monoisotopic (exact) mass is 535 g/mol. The third kappa shape index (κ3) is 6.32. The minimum atomic E-state index is -0.501. The molecular formula is C29H37N5O3S. The van der Waals surface area contributed by atoms with Gasteiger partial charge in [0.05, 0.1) is 19.3 Å². The molecule has 2 heterocycles. The first-order chi connectivity index (χ1) is 18.3. The van der Waals surface area contributed by atoms with Crippen LogP contribution in [-0.4, -0.2) is 40.1 Å². The van der Waals surface area contributed by atoms with Gasteiger partial charge in [-0.1, -0.05) is 56.3 Å². The van der Waals surface area contributed by atoms with Crippen LogP contribution < -0.4 is 20.1 Å². The molecule has 0 saturated heterocycles. The molecular weight excluding hydrogens is 498 g/mol. The molecule has 1 aliphatic rings. The predicted molar refractivity (Wildman–Crippen MR) is 153 cm³/mol. The summed E-state index contributed by atoms with van der Waals surface area (Å²) in [6.07, 6.45) is 1.97. The van der Waals surface area contributed by atoms with Crippen molar-refractivity contribution in [3.63, 3.8) is 0 Å². The fraction of sp³-hybridized carbons (Fsp3) is 0.414. The first-order valence-corrected chi connectivity index (χ1v) is 14.0. The van der Waals surface area contributed by atoms with Gasteiger partial charge >= 0.3 is 0 Å². The van der Waals surface area contributed by atoms with E-state index in [0.717, 1.165) is 41.1 Å². The van der Waals surface area contributed by atoms with Gasteiger partial charge in [-0.05, 0) is 62.4 Å². The van der Waals surface area contributed by atoms with E-state index in [9.17, 15) is 4.79 Å². The highest BCUT2D eigenvalue weighted by atomic mass is 32.2. The lowest BCUT2D eigenvalue weighted by atomic mass is 9.94. The lowest BCUT2D eigenvalue weighted by molar-refractivity contribution is -0.113. The number of carbonyl (C=O) groups is 1. The Bertz CT molecular complexity index is 1300. The Morgan fingerprint density at radius 1 is 1.16 bits per heavy atom. The van der Waals surface area contributed by atoms with Crippen molar-refractivity contribution in [3.8, 4) is 11.5 Å². The number of rotatable bonds is 11. The zero-order valence-corrected chi connectivity index (χ0v) is 23.8. The van der Waals surface area contributed by atoms with Gasteiger partial charge in [0.25, 0.3) is 5.91 Å². The van der Waals surface area contributed by atoms with E-state index in [1.807, 2.05) is 56.3 Å². The summed E-state index contributed by atoms with van der Waals surface area (Å²) in [4.78, 5) is 18.4. The molecule has 2 aromatic carbocycles. The molecule has 4 rings (SSSR count). The van der Waals surface area contributed by atoms with Crippen LogP contribution in [0.25, 0.3) is 0 Å². The fourth-order valence-electron chi connectivity index (χ4n) is 4.20. The van der Waals surface area contributed by atoms with Crippen molar-refractivity contribution >= 4 is 29.3 Å². The van der Waals surface area contributed by atoms with Gasteiger partial charge in [0.15, 0.2) is 11.5 Å². The number of benzene rings is 2. The van der Waals surface area contributed by atoms with E-state index in [0.29, 0.717) is 40.7 Å². The fourth-order valence-corrected chi connectivity index (χ4v) is 4.89. The second-order valence-electron chi connectivity index (χ2n) is 9.84. The maximum atomic E-state index is 13.7. The van der Waals surface area contributed by atoms with Crippen LogP contribution >= 0.6 is 11.8 Å². The molecule has 0 spiro atoms. The van der Waals surface area contributed by atoms with Crippen LogP contribution in [0.15, 0.2) is 58.9 Å². The van der Waals surface area contributed by atoms with Gasteiger partial charge in [-0.25, -0.2) is 4.68 Å². The van der Waals surface area contributed by atoms with E-state index in [1.165, 1.54) is 0 Å². The van der Waals surface area contributed by atoms with Gasteiger partial charge in [0, 0.05) is 17.1 Å². The Morgan fingerprint density at radius 2 is 1.92 bits per heavy atom. The number of thioether (sulfide) groups is 1. The number of aromatic nitrogens is 3. The number of nitrogens with one attached hydrogen (secondary N) is 2. The minimum absolute atomic E-state index is 0.205. The summed E-state index contributed by atoms with van der Waals surface area (Å²) in [6, 6.07) is 13.1. The maximum Gasteiger partial charge on any atom is 0.255 e. The van der Waals surface area contributed by atoms with E-state index in [4.69, 9.17) is 19.6 Å². The molecule has 38 heavy (non-hydrogen) atoms. The lowest BCUT2D eigenvalue weighted by Gasteiger charge is -2.29. The second-order valence-corrected chi connectivity index (χ2v) is 10.9. The molecule has 0 fully saturated rings. The largest absolute Gasteiger partial charge is 0.493 e.